The van der Waals surface area contributed by atoms with Crippen LogP contribution in [0.2, 0.25) is 0 Å². The van der Waals surface area contributed by atoms with Gasteiger partial charge in [-0.25, -0.2) is 8.42 Å². The van der Waals surface area contributed by atoms with Crippen LogP contribution < -0.4 is 0 Å². The van der Waals surface area contributed by atoms with Crippen molar-refractivity contribution in [2.45, 2.75) is 0 Å². The normalized spacial score (nSPS) is 8.17. The third-order valence-corrected chi connectivity index (χ3v) is 0.838. The first-order valence-electron chi connectivity index (χ1n) is 2.50. The Morgan fingerprint density at radius 3 is 1.58 bits per heavy atom. The maximum Gasteiger partial charge on any atom is 0.321 e. The Kier molecular flexibility index (Phi) is 9.17. The number of hydrogen-bond donors (Lipinski definition) is 0. The first-order chi connectivity index (χ1) is 5.54. The van der Waals surface area contributed by atoms with Crippen LogP contribution in [-0.4, -0.2) is 21.7 Å². The van der Waals surface area contributed by atoms with Crippen molar-refractivity contribution in [1.29, 1.82) is 0 Å². The Labute approximate surface area is 71.2 Å². The number of azide groups is 1. The van der Waals surface area contributed by atoms with Crippen molar-refractivity contribution in [3.63, 3.8) is 0 Å². The zero-order chi connectivity index (χ0) is 10.0. The van der Waals surface area contributed by atoms with Crippen LogP contribution in [0.4, 0.5) is 0 Å². The molecule has 0 heterocycles. The molecule has 68 valence electrons. The molecular formula is C2H7N6O2PS. The number of hydrogen-bond acceptors (Lipinski definition) is 2. The molecule has 0 unspecified atom stereocenters. The van der Waals surface area contributed by atoms with Gasteiger partial charge in [-0.2, -0.15) is 0 Å². The molecule has 0 rings (SSSR count). The maximum atomic E-state index is 9.99. The minimum Gasteiger partial charge on any atom is -0.213 e. The van der Waals surface area contributed by atoms with Crippen molar-refractivity contribution in [1.82, 2.24) is 0 Å². The molecule has 0 atom stereocenters. The summed E-state index contributed by atoms with van der Waals surface area (Å²) >= 11 is 0. The van der Waals surface area contributed by atoms with Crippen LogP contribution in [0.25, 0.3) is 20.9 Å². The molecule has 0 amide bonds. The van der Waals surface area contributed by atoms with Gasteiger partial charge in [-0.05, 0) is 24.4 Å². The molecule has 0 aromatic carbocycles. The van der Waals surface area contributed by atoms with Gasteiger partial charge >= 0.3 is 10.2 Å². The van der Waals surface area contributed by atoms with Gasteiger partial charge in [0.1, 0.15) is 0 Å². The fraction of sp³-hybridized carbons (Fsp3) is 1.00. The summed E-state index contributed by atoms with van der Waals surface area (Å²) in [7, 11) is -3.18. The standard InChI is InChI=1S/C2H7P.N6O2S/c1-3-2;1-3-5-9(7,8)6-4-2/h3H,1-2H3;. The molecule has 0 aliphatic carbocycles. The van der Waals surface area contributed by atoms with E-state index in [2.05, 4.69) is 22.4 Å². The molecule has 8 nitrogen and oxygen atoms in total. The van der Waals surface area contributed by atoms with Gasteiger partial charge in [-0.1, -0.05) is 0 Å². The van der Waals surface area contributed by atoms with Crippen molar-refractivity contribution in [2.75, 3.05) is 13.3 Å². The number of rotatable bonds is 2. The van der Waals surface area contributed by atoms with Crippen LogP contribution >= 0.6 is 8.58 Å². The van der Waals surface area contributed by atoms with E-state index in [4.69, 9.17) is 11.1 Å². The van der Waals surface area contributed by atoms with Crippen molar-refractivity contribution in [3.8, 4) is 0 Å². The van der Waals surface area contributed by atoms with Crippen molar-refractivity contribution >= 4 is 18.8 Å². The monoisotopic (exact) mass is 210 g/mol. The maximum absolute atomic E-state index is 9.99. The van der Waals surface area contributed by atoms with E-state index >= 15 is 0 Å². The number of nitrogens with zero attached hydrogens (tertiary/aromatic N) is 6. The van der Waals surface area contributed by atoms with Crippen molar-refractivity contribution in [3.05, 3.63) is 20.9 Å². The van der Waals surface area contributed by atoms with E-state index < -0.39 is 10.2 Å². The Hall–Kier alpha value is -1.00. The van der Waals surface area contributed by atoms with Gasteiger partial charge < -0.3 is 0 Å². The zero-order valence-electron chi connectivity index (χ0n) is 6.41. The lowest BCUT2D eigenvalue weighted by Gasteiger charge is -1.73. The third-order valence-electron chi connectivity index (χ3n) is 0.279. The van der Waals surface area contributed by atoms with E-state index in [1.165, 1.54) is 0 Å². The molecule has 0 saturated heterocycles. The largest absolute Gasteiger partial charge is 0.321 e. The van der Waals surface area contributed by atoms with E-state index in [9.17, 15) is 8.42 Å². The molecule has 0 saturated carbocycles. The summed E-state index contributed by atoms with van der Waals surface area (Å²) in [6.45, 7) is 4.31. The summed E-state index contributed by atoms with van der Waals surface area (Å²) < 4.78 is 24.3. The molecule has 0 N–H and O–H groups in total. The molecule has 0 aliphatic heterocycles. The lowest BCUT2D eigenvalue weighted by Crippen LogP contribution is -1.82. The second-order valence-electron chi connectivity index (χ2n) is 1.29. The van der Waals surface area contributed by atoms with E-state index in [1.807, 2.05) is 9.82 Å². The summed E-state index contributed by atoms with van der Waals surface area (Å²) in [5, 5.41) is 0. The summed E-state index contributed by atoms with van der Waals surface area (Å²) in [4.78, 5) is 3.80. The van der Waals surface area contributed by atoms with Gasteiger partial charge in [-0.15, -0.1) is 8.58 Å². The second-order valence-corrected chi connectivity index (χ2v) is 3.51. The van der Waals surface area contributed by atoms with Crippen molar-refractivity contribution in [2.24, 2.45) is 9.04 Å². The van der Waals surface area contributed by atoms with Crippen LogP contribution in [0.3, 0.4) is 0 Å². The van der Waals surface area contributed by atoms with E-state index in [-0.39, 0.29) is 0 Å². The quantitative estimate of drug-likeness (QED) is 0.297. The summed E-state index contributed by atoms with van der Waals surface area (Å²) in [6, 6.07) is 0. The van der Waals surface area contributed by atoms with Crippen LogP contribution in [0, 0.1) is 0 Å². The van der Waals surface area contributed by atoms with Gasteiger partial charge in [0, 0.05) is 18.9 Å². The first-order valence-corrected chi connectivity index (χ1v) is 5.90. The van der Waals surface area contributed by atoms with Crippen LogP contribution in [0.1, 0.15) is 0 Å². The van der Waals surface area contributed by atoms with Crippen LogP contribution in [0.15, 0.2) is 9.04 Å². The lowest BCUT2D eigenvalue weighted by atomic mass is 11.9. The van der Waals surface area contributed by atoms with Gasteiger partial charge in [0.2, 0.25) is 0 Å². The molecule has 12 heavy (non-hydrogen) atoms. The average Bonchev–Trinajstić information content (AvgIpc) is 1.88. The van der Waals surface area contributed by atoms with E-state index in [0.29, 0.717) is 0 Å². The SMILES string of the molecule is CPC.[N-]=[N+]=NS(=O)(=O)N=[N+]=[N-]. The van der Waals surface area contributed by atoms with Gasteiger partial charge in [0.15, 0.2) is 0 Å². The predicted molar refractivity (Wildman–Crippen MR) is 47.4 cm³/mol. The fourth-order valence-corrected chi connectivity index (χ4v) is 0.326. The highest BCUT2D eigenvalue weighted by Crippen LogP contribution is 1.92. The molecule has 0 aromatic heterocycles. The minimum atomic E-state index is -4.27. The Morgan fingerprint density at radius 2 is 1.42 bits per heavy atom. The molecule has 0 radical (unpaired) electrons. The molecular weight excluding hydrogens is 203 g/mol. The van der Waals surface area contributed by atoms with E-state index in [1.54, 1.807) is 0 Å². The third kappa shape index (κ3) is 11.8. The lowest BCUT2D eigenvalue weighted by molar-refractivity contribution is 0.599. The molecule has 0 bridgehead atoms. The van der Waals surface area contributed by atoms with Crippen LogP contribution in [-0.2, 0) is 10.2 Å². The summed E-state index contributed by atoms with van der Waals surface area (Å²) in [5.74, 6) is 0. The molecule has 10 heteroatoms. The summed E-state index contributed by atoms with van der Waals surface area (Å²) in [6.07, 6.45) is 0. The summed E-state index contributed by atoms with van der Waals surface area (Å²) in [5.41, 5.74) is 15.0. The highest BCUT2D eigenvalue weighted by atomic mass is 32.2. The molecule has 0 spiro atoms. The molecule has 0 fully saturated rings. The van der Waals surface area contributed by atoms with E-state index in [0.717, 1.165) is 8.58 Å². The molecule has 0 aliphatic rings. The Bertz CT molecular complexity index is 274. The van der Waals surface area contributed by atoms with Crippen molar-refractivity contribution < 1.29 is 8.42 Å². The first kappa shape index (κ1) is 13.6. The predicted octanol–water partition coefficient (Wildman–Crippen LogP) is 1.78. The highest BCUT2D eigenvalue weighted by molar-refractivity contribution is 7.88. The Morgan fingerprint density at radius 1 is 1.17 bits per heavy atom. The average molecular weight is 210 g/mol. The zero-order valence-corrected chi connectivity index (χ0v) is 8.22. The van der Waals surface area contributed by atoms with Gasteiger partial charge in [0.05, 0.1) is 0 Å². The smallest absolute Gasteiger partial charge is 0.213 e. The Balaban J connectivity index is 0. The second kappa shape index (κ2) is 8.10. The fourth-order valence-electron chi connectivity index (χ4n) is 0.109. The topological polar surface area (TPSA) is 132 Å². The van der Waals surface area contributed by atoms with Gasteiger partial charge in [0.25, 0.3) is 0 Å². The van der Waals surface area contributed by atoms with Gasteiger partial charge in [-0.3, -0.25) is 0 Å². The van der Waals surface area contributed by atoms with Crippen LogP contribution in [0.5, 0.6) is 0 Å². The minimum absolute atomic E-state index is 1.08. The highest BCUT2D eigenvalue weighted by Gasteiger charge is 1.99. The molecule has 0 aromatic rings.